The molecular formula is C27H42N4O4. The number of fused-ring (bicyclic) bond motifs is 1. The molecular weight excluding hydrogens is 444 g/mol. The van der Waals surface area contributed by atoms with Crippen molar-refractivity contribution in [3.8, 4) is 0 Å². The van der Waals surface area contributed by atoms with Crippen molar-refractivity contribution in [1.29, 1.82) is 0 Å². The Bertz CT molecular complexity index is 834. The molecule has 1 aromatic rings. The highest BCUT2D eigenvalue weighted by molar-refractivity contribution is 5.83. The van der Waals surface area contributed by atoms with Crippen molar-refractivity contribution in [2.24, 2.45) is 11.8 Å². The molecule has 0 spiro atoms. The molecule has 194 valence electrons. The standard InChI is InChI=1S/C27H42N4O4/c1-18(2)29-27(35)24-14-21-11-7-8-12-22(21)15-31(24)16-25(33)23(13-20-9-5-4-6-10-20)30-26(34)19(3)28-17-32/h4-6,9-10,17-19,21-25,33H,7-8,11-16H2,1-3H3,(H,28,32)(H,29,35)(H,30,34). The van der Waals surface area contributed by atoms with Gasteiger partial charge in [-0.05, 0) is 57.4 Å². The summed E-state index contributed by atoms with van der Waals surface area (Å²) in [5.41, 5.74) is 0.993. The quantitative estimate of drug-likeness (QED) is 0.355. The summed E-state index contributed by atoms with van der Waals surface area (Å²) in [6.45, 7) is 6.61. The first kappa shape index (κ1) is 27.1. The normalized spacial score (nSPS) is 25.1. The van der Waals surface area contributed by atoms with Crippen LogP contribution in [0.3, 0.4) is 0 Å². The number of hydrogen-bond acceptors (Lipinski definition) is 5. The highest BCUT2D eigenvalue weighted by atomic mass is 16.3. The number of piperidine rings is 1. The zero-order valence-electron chi connectivity index (χ0n) is 21.3. The molecule has 8 nitrogen and oxygen atoms in total. The number of benzene rings is 1. The Labute approximate surface area is 209 Å². The van der Waals surface area contributed by atoms with Crippen molar-refractivity contribution in [3.05, 3.63) is 35.9 Å². The SMILES string of the molecule is CC(C)NC(=O)C1CC2CCCCC2CN1CC(O)C(Cc1ccccc1)NC(=O)C(C)NC=O. The van der Waals surface area contributed by atoms with E-state index in [2.05, 4.69) is 20.9 Å². The number of likely N-dealkylation sites (tertiary alicyclic amines) is 1. The third-order valence-electron chi connectivity index (χ3n) is 7.46. The molecule has 6 unspecified atom stereocenters. The van der Waals surface area contributed by atoms with E-state index in [1.165, 1.54) is 19.3 Å². The molecule has 35 heavy (non-hydrogen) atoms. The van der Waals surface area contributed by atoms with E-state index in [1.54, 1.807) is 6.92 Å². The minimum Gasteiger partial charge on any atom is -0.390 e. The first-order valence-electron chi connectivity index (χ1n) is 13.0. The van der Waals surface area contributed by atoms with Crippen LogP contribution in [-0.2, 0) is 20.8 Å². The summed E-state index contributed by atoms with van der Waals surface area (Å²) in [5.74, 6) is 0.758. The highest BCUT2D eigenvalue weighted by Crippen LogP contribution is 2.38. The van der Waals surface area contributed by atoms with Crippen molar-refractivity contribution < 1.29 is 19.5 Å². The van der Waals surface area contributed by atoms with E-state index in [1.807, 2.05) is 44.2 Å². The minimum atomic E-state index is -0.878. The zero-order chi connectivity index (χ0) is 25.4. The van der Waals surface area contributed by atoms with Crippen LogP contribution in [0.4, 0.5) is 0 Å². The lowest BCUT2D eigenvalue weighted by atomic mass is 9.72. The van der Waals surface area contributed by atoms with Crippen molar-refractivity contribution in [2.45, 2.75) is 89.6 Å². The number of aliphatic hydroxyl groups is 1. The van der Waals surface area contributed by atoms with Crippen LogP contribution in [0.25, 0.3) is 0 Å². The molecule has 1 aromatic carbocycles. The smallest absolute Gasteiger partial charge is 0.242 e. The first-order valence-corrected chi connectivity index (χ1v) is 13.0. The Morgan fingerprint density at radius 3 is 2.43 bits per heavy atom. The van der Waals surface area contributed by atoms with Gasteiger partial charge in [-0.1, -0.05) is 49.6 Å². The number of nitrogens with zero attached hydrogens (tertiary/aromatic N) is 1. The van der Waals surface area contributed by atoms with Gasteiger partial charge in [0.15, 0.2) is 0 Å². The summed E-state index contributed by atoms with van der Waals surface area (Å²) in [7, 11) is 0. The van der Waals surface area contributed by atoms with Gasteiger partial charge >= 0.3 is 0 Å². The Hall–Kier alpha value is -2.45. The molecule has 6 atom stereocenters. The van der Waals surface area contributed by atoms with Gasteiger partial charge < -0.3 is 21.1 Å². The summed E-state index contributed by atoms with van der Waals surface area (Å²) in [5, 5.41) is 19.9. The summed E-state index contributed by atoms with van der Waals surface area (Å²) >= 11 is 0. The van der Waals surface area contributed by atoms with Crippen LogP contribution in [0.5, 0.6) is 0 Å². The average molecular weight is 487 g/mol. The van der Waals surface area contributed by atoms with Crippen molar-refractivity contribution in [1.82, 2.24) is 20.9 Å². The molecule has 1 saturated carbocycles. The lowest BCUT2D eigenvalue weighted by molar-refractivity contribution is -0.132. The molecule has 1 heterocycles. The molecule has 1 aliphatic carbocycles. The Balaban J connectivity index is 1.77. The molecule has 3 rings (SSSR count). The molecule has 3 amide bonds. The topological polar surface area (TPSA) is 111 Å². The van der Waals surface area contributed by atoms with Gasteiger partial charge in [-0.15, -0.1) is 0 Å². The van der Waals surface area contributed by atoms with E-state index in [4.69, 9.17) is 0 Å². The second-order valence-corrected chi connectivity index (χ2v) is 10.6. The molecule has 1 aliphatic heterocycles. The first-order chi connectivity index (χ1) is 16.8. The van der Waals surface area contributed by atoms with Crippen molar-refractivity contribution >= 4 is 18.2 Å². The van der Waals surface area contributed by atoms with Gasteiger partial charge in [0.1, 0.15) is 6.04 Å². The maximum absolute atomic E-state index is 13.1. The maximum atomic E-state index is 13.1. The largest absolute Gasteiger partial charge is 0.390 e. The van der Waals surface area contributed by atoms with E-state index in [9.17, 15) is 19.5 Å². The number of rotatable bonds is 11. The molecule has 8 heteroatoms. The fourth-order valence-electron chi connectivity index (χ4n) is 5.56. The maximum Gasteiger partial charge on any atom is 0.242 e. The third kappa shape index (κ3) is 7.77. The third-order valence-corrected chi connectivity index (χ3v) is 7.46. The van der Waals surface area contributed by atoms with Crippen molar-refractivity contribution in [3.63, 3.8) is 0 Å². The zero-order valence-corrected chi connectivity index (χ0v) is 21.3. The molecule has 0 bridgehead atoms. The Morgan fingerprint density at radius 2 is 1.77 bits per heavy atom. The van der Waals surface area contributed by atoms with E-state index >= 15 is 0 Å². The molecule has 0 radical (unpaired) electrons. The van der Waals surface area contributed by atoms with Crippen LogP contribution in [0.2, 0.25) is 0 Å². The van der Waals surface area contributed by atoms with Crippen LogP contribution in [0, 0.1) is 11.8 Å². The summed E-state index contributed by atoms with van der Waals surface area (Å²) < 4.78 is 0. The molecule has 1 saturated heterocycles. The Morgan fingerprint density at radius 1 is 1.09 bits per heavy atom. The molecule has 4 N–H and O–H groups in total. The number of aliphatic hydroxyl groups excluding tert-OH is 1. The molecule has 2 fully saturated rings. The van der Waals surface area contributed by atoms with Crippen LogP contribution < -0.4 is 16.0 Å². The predicted molar refractivity (Wildman–Crippen MR) is 135 cm³/mol. The second kappa shape index (κ2) is 13.0. The fraction of sp³-hybridized carbons (Fsp3) is 0.667. The number of β-amino-alcohol motifs (C(OH)–C–C–N with tert-alkyl or cyclic N) is 1. The number of nitrogens with one attached hydrogen (secondary N) is 3. The van der Waals surface area contributed by atoms with Crippen LogP contribution in [0.15, 0.2) is 30.3 Å². The summed E-state index contributed by atoms with van der Waals surface area (Å²) in [6, 6.07) is 8.21. The number of carbonyl (C=O) groups is 3. The van der Waals surface area contributed by atoms with Crippen LogP contribution in [0.1, 0.15) is 58.4 Å². The van der Waals surface area contributed by atoms with Gasteiger partial charge in [0.2, 0.25) is 18.2 Å². The van der Waals surface area contributed by atoms with Gasteiger partial charge in [0.25, 0.3) is 0 Å². The predicted octanol–water partition coefficient (Wildman–Crippen LogP) is 1.61. The fourth-order valence-corrected chi connectivity index (χ4v) is 5.56. The van der Waals surface area contributed by atoms with Gasteiger partial charge in [-0.3, -0.25) is 19.3 Å². The molecule has 2 aliphatic rings. The van der Waals surface area contributed by atoms with E-state index < -0.39 is 18.2 Å². The number of amides is 3. The summed E-state index contributed by atoms with van der Waals surface area (Å²) in [6.07, 6.45) is 5.65. The highest BCUT2D eigenvalue weighted by Gasteiger charge is 2.41. The minimum absolute atomic E-state index is 0.0173. The monoisotopic (exact) mass is 486 g/mol. The lowest BCUT2D eigenvalue weighted by Crippen LogP contribution is -2.60. The number of hydrogen-bond donors (Lipinski definition) is 4. The van der Waals surface area contributed by atoms with Crippen LogP contribution in [-0.4, -0.2) is 71.6 Å². The van der Waals surface area contributed by atoms with Crippen LogP contribution >= 0.6 is 0 Å². The van der Waals surface area contributed by atoms with Crippen molar-refractivity contribution in [2.75, 3.05) is 13.1 Å². The summed E-state index contributed by atoms with van der Waals surface area (Å²) in [4.78, 5) is 38.8. The molecule has 0 aromatic heterocycles. The lowest BCUT2D eigenvalue weighted by Gasteiger charge is -2.46. The van der Waals surface area contributed by atoms with Gasteiger partial charge in [-0.2, -0.15) is 0 Å². The van der Waals surface area contributed by atoms with Gasteiger partial charge in [0.05, 0.1) is 18.2 Å². The number of carbonyl (C=O) groups excluding carboxylic acids is 3. The average Bonchev–Trinajstić information content (AvgIpc) is 2.83. The Kier molecular flexibility index (Phi) is 10.1. The second-order valence-electron chi connectivity index (χ2n) is 10.6. The van der Waals surface area contributed by atoms with Gasteiger partial charge in [-0.25, -0.2) is 0 Å². The van der Waals surface area contributed by atoms with Gasteiger partial charge in [0, 0.05) is 19.1 Å². The van der Waals surface area contributed by atoms with E-state index in [0.717, 1.165) is 24.9 Å². The van der Waals surface area contributed by atoms with E-state index in [-0.39, 0.29) is 23.9 Å². The van der Waals surface area contributed by atoms with E-state index in [0.29, 0.717) is 31.2 Å².